The number of hydrogen-bond acceptors (Lipinski definition) is 4. The summed E-state index contributed by atoms with van der Waals surface area (Å²) in [5.41, 5.74) is -1.03. The summed E-state index contributed by atoms with van der Waals surface area (Å²) in [4.78, 5) is 23.4. The molecule has 114 valence electrons. The van der Waals surface area contributed by atoms with Gasteiger partial charge in [-0.2, -0.15) is 0 Å². The Kier molecular flexibility index (Phi) is 3.85. The van der Waals surface area contributed by atoms with Gasteiger partial charge in [-0.05, 0) is 39.7 Å². The second-order valence-corrected chi connectivity index (χ2v) is 5.97. The van der Waals surface area contributed by atoms with Crippen LogP contribution in [-0.2, 0) is 4.74 Å². The van der Waals surface area contributed by atoms with E-state index in [4.69, 9.17) is 4.74 Å². The zero-order valence-corrected chi connectivity index (χ0v) is 12.1. The van der Waals surface area contributed by atoms with Gasteiger partial charge in [0.05, 0.1) is 16.7 Å². The van der Waals surface area contributed by atoms with Crippen molar-refractivity contribution in [1.82, 2.24) is 0 Å². The second kappa shape index (κ2) is 5.31. The molecule has 6 nitrogen and oxygen atoms in total. The van der Waals surface area contributed by atoms with Crippen molar-refractivity contribution in [2.45, 2.75) is 45.3 Å². The summed E-state index contributed by atoms with van der Waals surface area (Å²) in [5, 5.41) is 10.6. The van der Waals surface area contributed by atoms with E-state index < -0.39 is 22.4 Å². The average molecular weight is 296 g/mol. The fourth-order valence-corrected chi connectivity index (χ4v) is 1.89. The molecule has 1 amide bonds. The van der Waals surface area contributed by atoms with E-state index in [9.17, 15) is 19.3 Å². The number of non-ortho nitro benzene ring substituents is 1. The number of anilines is 1. The summed E-state index contributed by atoms with van der Waals surface area (Å²) in [6.07, 6.45) is 0.878. The molecule has 1 aliphatic rings. The molecule has 1 aromatic rings. The van der Waals surface area contributed by atoms with Crippen LogP contribution in [-0.4, -0.2) is 22.7 Å². The van der Waals surface area contributed by atoms with Crippen LogP contribution >= 0.6 is 0 Å². The van der Waals surface area contributed by atoms with Gasteiger partial charge < -0.3 is 4.74 Å². The number of benzene rings is 1. The highest BCUT2D eigenvalue weighted by Gasteiger charge is 2.38. The Morgan fingerprint density at radius 1 is 1.43 bits per heavy atom. The van der Waals surface area contributed by atoms with Gasteiger partial charge in [0, 0.05) is 12.1 Å². The monoisotopic (exact) mass is 296 g/mol. The SMILES string of the molecule is CC(C)(C)OC(=O)N(c1ccc([N+](=O)[O-])cc1F)C1CC1. The van der Waals surface area contributed by atoms with E-state index in [1.54, 1.807) is 20.8 Å². The van der Waals surface area contributed by atoms with Crippen LogP contribution in [0.2, 0.25) is 0 Å². The highest BCUT2D eigenvalue weighted by atomic mass is 19.1. The molecule has 1 saturated carbocycles. The Bertz CT molecular complexity index is 579. The molecule has 0 aromatic heterocycles. The summed E-state index contributed by atoms with van der Waals surface area (Å²) in [5.74, 6) is -0.804. The smallest absolute Gasteiger partial charge is 0.415 e. The van der Waals surface area contributed by atoms with E-state index in [1.807, 2.05) is 0 Å². The van der Waals surface area contributed by atoms with E-state index >= 15 is 0 Å². The van der Waals surface area contributed by atoms with Crippen LogP contribution in [0.15, 0.2) is 18.2 Å². The lowest BCUT2D eigenvalue weighted by molar-refractivity contribution is -0.385. The van der Waals surface area contributed by atoms with E-state index in [0.717, 1.165) is 18.9 Å². The normalized spacial score (nSPS) is 14.7. The van der Waals surface area contributed by atoms with Crippen LogP contribution in [0.5, 0.6) is 0 Å². The number of carbonyl (C=O) groups excluding carboxylic acids is 1. The molecule has 0 spiro atoms. The van der Waals surface area contributed by atoms with Crippen LogP contribution in [0.1, 0.15) is 33.6 Å². The van der Waals surface area contributed by atoms with Gasteiger partial charge in [0.25, 0.3) is 5.69 Å². The third-order valence-electron chi connectivity index (χ3n) is 2.90. The molecule has 2 rings (SSSR count). The van der Waals surface area contributed by atoms with Gasteiger partial charge in [0.15, 0.2) is 5.82 Å². The van der Waals surface area contributed by atoms with E-state index in [2.05, 4.69) is 0 Å². The first kappa shape index (κ1) is 15.2. The molecular formula is C14H17FN2O4. The molecule has 1 aliphatic carbocycles. The second-order valence-electron chi connectivity index (χ2n) is 5.97. The molecule has 1 aromatic carbocycles. The van der Waals surface area contributed by atoms with E-state index in [0.29, 0.717) is 0 Å². The largest absolute Gasteiger partial charge is 0.443 e. The third-order valence-corrected chi connectivity index (χ3v) is 2.90. The highest BCUT2D eigenvalue weighted by molar-refractivity contribution is 5.89. The van der Waals surface area contributed by atoms with Gasteiger partial charge in [-0.25, -0.2) is 9.18 Å². The van der Waals surface area contributed by atoms with Crippen molar-refractivity contribution >= 4 is 17.5 Å². The van der Waals surface area contributed by atoms with Gasteiger partial charge in [0.2, 0.25) is 0 Å². The Morgan fingerprint density at radius 3 is 2.48 bits per heavy atom. The lowest BCUT2D eigenvalue weighted by Crippen LogP contribution is -2.38. The van der Waals surface area contributed by atoms with Crippen molar-refractivity contribution < 1.29 is 18.8 Å². The molecule has 0 aliphatic heterocycles. The lowest BCUT2D eigenvalue weighted by atomic mass is 10.2. The van der Waals surface area contributed by atoms with Gasteiger partial charge in [-0.15, -0.1) is 0 Å². The minimum Gasteiger partial charge on any atom is -0.443 e. The molecule has 7 heteroatoms. The van der Waals surface area contributed by atoms with Gasteiger partial charge in [-0.1, -0.05) is 0 Å². The van der Waals surface area contributed by atoms with Gasteiger partial charge in [0.1, 0.15) is 5.60 Å². The number of carbonyl (C=O) groups is 1. The first-order valence-electron chi connectivity index (χ1n) is 6.65. The quantitative estimate of drug-likeness (QED) is 0.630. The van der Waals surface area contributed by atoms with Crippen LogP contribution in [0.4, 0.5) is 20.6 Å². The molecule has 0 atom stereocenters. The molecule has 21 heavy (non-hydrogen) atoms. The summed E-state index contributed by atoms with van der Waals surface area (Å²) in [6, 6.07) is 3.12. The Balaban J connectivity index is 2.31. The van der Waals surface area contributed by atoms with Crippen LogP contribution < -0.4 is 4.90 Å². The number of hydrogen-bond donors (Lipinski definition) is 0. The number of ether oxygens (including phenoxy) is 1. The number of halogens is 1. The van der Waals surface area contributed by atoms with Crippen molar-refractivity contribution in [2.75, 3.05) is 4.90 Å². The number of nitro benzene ring substituents is 1. The molecule has 0 unspecified atom stereocenters. The van der Waals surface area contributed by atoms with Crippen molar-refractivity contribution in [1.29, 1.82) is 0 Å². The Morgan fingerprint density at radius 2 is 2.05 bits per heavy atom. The maximum atomic E-state index is 14.1. The fourth-order valence-electron chi connectivity index (χ4n) is 1.89. The average Bonchev–Trinajstić information content (AvgIpc) is 3.13. The van der Waals surface area contributed by atoms with Crippen LogP contribution in [0.3, 0.4) is 0 Å². The predicted octanol–water partition coefficient (Wildman–Crippen LogP) is 3.64. The molecule has 0 saturated heterocycles. The predicted molar refractivity (Wildman–Crippen MR) is 74.8 cm³/mol. The summed E-state index contributed by atoms with van der Waals surface area (Å²) in [6.45, 7) is 5.17. The minimum atomic E-state index is -0.804. The topological polar surface area (TPSA) is 72.7 Å². The summed E-state index contributed by atoms with van der Waals surface area (Å²) >= 11 is 0. The first-order chi connectivity index (χ1) is 9.69. The maximum absolute atomic E-state index is 14.1. The van der Waals surface area contributed by atoms with Crippen molar-refractivity contribution in [3.8, 4) is 0 Å². The number of nitrogens with zero attached hydrogens (tertiary/aromatic N) is 2. The first-order valence-corrected chi connectivity index (χ1v) is 6.65. The number of amides is 1. The highest BCUT2D eigenvalue weighted by Crippen LogP contribution is 2.35. The molecule has 0 heterocycles. The lowest BCUT2D eigenvalue weighted by Gasteiger charge is -2.27. The zero-order valence-electron chi connectivity index (χ0n) is 12.1. The standard InChI is InChI=1S/C14H17FN2O4/c1-14(2,3)21-13(18)16(9-4-5-9)12-7-6-10(17(19)20)8-11(12)15/h6-9H,4-5H2,1-3H3. The summed E-state index contributed by atoms with van der Waals surface area (Å²) < 4.78 is 19.4. The Hall–Kier alpha value is -2.18. The van der Waals surface area contributed by atoms with Crippen molar-refractivity contribution in [2.24, 2.45) is 0 Å². The maximum Gasteiger partial charge on any atom is 0.415 e. The zero-order chi connectivity index (χ0) is 15.8. The van der Waals surface area contributed by atoms with Crippen molar-refractivity contribution in [3.05, 3.63) is 34.1 Å². The van der Waals surface area contributed by atoms with Crippen LogP contribution in [0.25, 0.3) is 0 Å². The van der Waals surface area contributed by atoms with Crippen LogP contribution in [0, 0.1) is 15.9 Å². The molecule has 1 fully saturated rings. The molecular weight excluding hydrogens is 279 g/mol. The van der Waals surface area contributed by atoms with Gasteiger partial charge >= 0.3 is 6.09 Å². The fraction of sp³-hybridized carbons (Fsp3) is 0.500. The Labute approximate surface area is 121 Å². The molecule has 0 radical (unpaired) electrons. The molecule has 0 N–H and O–H groups in total. The minimum absolute atomic E-state index is 0.0114. The van der Waals surface area contributed by atoms with E-state index in [-0.39, 0.29) is 17.4 Å². The van der Waals surface area contributed by atoms with E-state index in [1.165, 1.54) is 17.0 Å². The molecule has 0 bridgehead atoms. The number of nitro groups is 1. The third kappa shape index (κ3) is 3.68. The summed E-state index contributed by atoms with van der Waals surface area (Å²) in [7, 11) is 0. The number of rotatable bonds is 3. The van der Waals surface area contributed by atoms with Gasteiger partial charge in [-0.3, -0.25) is 15.0 Å². The van der Waals surface area contributed by atoms with Crippen molar-refractivity contribution in [3.63, 3.8) is 0 Å².